The molecule has 0 saturated heterocycles. The molecule has 0 bridgehead atoms. The molecular weight excluding hydrogens is 393 g/mol. The van der Waals surface area contributed by atoms with E-state index in [4.69, 9.17) is 0 Å². The van der Waals surface area contributed by atoms with Crippen LogP contribution in [0.5, 0.6) is 0 Å². The molecule has 1 heterocycles. The number of halogens is 1. The molecule has 8 heteroatoms. The summed E-state index contributed by atoms with van der Waals surface area (Å²) in [6.45, 7) is 3.81. The van der Waals surface area contributed by atoms with Crippen LogP contribution in [0.25, 0.3) is 10.9 Å². The van der Waals surface area contributed by atoms with Gasteiger partial charge in [-0.1, -0.05) is 44.2 Å². The van der Waals surface area contributed by atoms with Crippen LogP contribution in [0.1, 0.15) is 19.4 Å². The highest BCUT2D eigenvalue weighted by Gasteiger charge is 2.29. The van der Waals surface area contributed by atoms with Crippen LogP contribution in [0, 0.1) is 11.7 Å². The molecule has 0 radical (unpaired) electrons. The van der Waals surface area contributed by atoms with Gasteiger partial charge in [0.1, 0.15) is 16.8 Å². The Kier molecular flexibility index (Phi) is 6.34. The second kappa shape index (κ2) is 8.75. The Hall–Kier alpha value is -2.71. The zero-order valence-electron chi connectivity index (χ0n) is 16.3. The van der Waals surface area contributed by atoms with Crippen LogP contribution in [-0.2, 0) is 21.2 Å². The van der Waals surface area contributed by atoms with E-state index in [1.807, 2.05) is 30.5 Å². The van der Waals surface area contributed by atoms with E-state index in [0.29, 0.717) is 13.0 Å². The summed E-state index contributed by atoms with van der Waals surface area (Å²) in [5.74, 6) is -1.62. The van der Waals surface area contributed by atoms with Gasteiger partial charge in [0.05, 0.1) is 0 Å². The number of para-hydroxylation sites is 1. The summed E-state index contributed by atoms with van der Waals surface area (Å²) in [6.07, 6.45) is 2.50. The molecule has 2 aromatic carbocycles. The van der Waals surface area contributed by atoms with Crippen LogP contribution in [0.2, 0.25) is 0 Å². The van der Waals surface area contributed by atoms with Crippen molar-refractivity contribution in [3.63, 3.8) is 0 Å². The predicted octanol–water partition coefficient (Wildman–Crippen LogP) is 2.97. The second-order valence-corrected chi connectivity index (χ2v) is 8.86. The first-order valence-corrected chi connectivity index (χ1v) is 10.9. The Morgan fingerprint density at radius 1 is 1.10 bits per heavy atom. The van der Waals surface area contributed by atoms with Crippen LogP contribution in [0.15, 0.2) is 59.6 Å². The normalized spacial score (nSPS) is 13.0. The monoisotopic (exact) mass is 417 g/mol. The fraction of sp³-hybridized carbons (Fsp3) is 0.286. The van der Waals surface area contributed by atoms with Crippen LogP contribution in [0.4, 0.5) is 4.39 Å². The molecule has 0 spiro atoms. The molecule has 0 unspecified atom stereocenters. The van der Waals surface area contributed by atoms with E-state index in [1.54, 1.807) is 13.8 Å². The molecule has 3 N–H and O–H groups in total. The second-order valence-electron chi connectivity index (χ2n) is 7.17. The lowest BCUT2D eigenvalue weighted by atomic mass is 10.0. The fourth-order valence-electron chi connectivity index (χ4n) is 3.15. The van der Waals surface area contributed by atoms with Gasteiger partial charge in [0.15, 0.2) is 0 Å². The van der Waals surface area contributed by atoms with Crippen molar-refractivity contribution in [1.82, 2.24) is 15.0 Å². The van der Waals surface area contributed by atoms with E-state index >= 15 is 0 Å². The van der Waals surface area contributed by atoms with E-state index in [1.165, 1.54) is 18.2 Å². The van der Waals surface area contributed by atoms with E-state index in [0.717, 1.165) is 22.5 Å². The maximum absolute atomic E-state index is 13.9. The number of benzene rings is 2. The molecule has 3 rings (SSSR count). The first-order chi connectivity index (χ1) is 13.8. The molecule has 0 aliphatic rings. The number of carbonyl (C=O) groups is 1. The summed E-state index contributed by atoms with van der Waals surface area (Å²) < 4.78 is 41.3. The van der Waals surface area contributed by atoms with E-state index in [-0.39, 0.29) is 5.92 Å². The Morgan fingerprint density at radius 2 is 1.79 bits per heavy atom. The first-order valence-electron chi connectivity index (χ1n) is 9.39. The maximum atomic E-state index is 13.9. The lowest BCUT2D eigenvalue weighted by Gasteiger charge is -2.21. The highest BCUT2D eigenvalue weighted by Crippen LogP contribution is 2.18. The van der Waals surface area contributed by atoms with Crippen molar-refractivity contribution in [3.8, 4) is 0 Å². The number of aromatic amines is 1. The molecule has 6 nitrogen and oxygen atoms in total. The standard InChI is InChI=1S/C21H24FN3O3S/c1-14(2)20(25-29(27,28)19-10-6-4-8-17(19)22)21(26)23-12-11-15-13-24-18-9-5-3-7-16(15)18/h3-10,13-14,20,24-25H,11-12H2,1-2H3,(H,23,26)/t20-/m0/s1. The molecule has 1 amide bonds. The lowest BCUT2D eigenvalue weighted by Crippen LogP contribution is -2.50. The minimum Gasteiger partial charge on any atom is -0.361 e. The smallest absolute Gasteiger partial charge is 0.244 e. The quantitative estimate of drug-likeness (QED) is 0.526. The number of fused-ring (bicyclic) bond motifs is 1. The average molecular weight is 418 g/mol. The minimum absolute atomic E-state index is 0.315. The number of hydrogen-bond acceptors (Lipinski definition) is 3. The number of carbonyl (C=O) groups excluding carboxylic acids is 1. The Bertz CT molecular complexity index is 1110. The molecule has 29 heavy (non-hydrogen) atoms. The molecule has 1 atom stereocenters. The van der Waals surface area contributed by atoms with Crippen molar-refractivity contribution in [2.75, 3.05) is 6.54 Å². The Balaban J connectivity index is 1.66. The molecule has 1 aromatic heterocycles. The summed E-state index contributed by atoms with van der Waals surface area (Å²) in [5.41, 5.74) is 2.08. The van der Waals surface area contributed by atoms with Crippen molar-refractivity contribution in [2.45, 2.75) is 31.2 Å². The summed E-state index contributed by atoms with van der Waals surface area (Å²) >= 11 is 0. The van der Waals surface area contributed by atoms with Gasteiger partial charge in [-0.15, -0.1) is 0 Å². The molecule has 154 valence electrons. The largest absolute Gasteiger partial charge is 0.361 e. The summed E-state index contributed by atoms with van der Waals surface area (Å²) in [7, 11) is -4.17. The number of aromatic nitrogens is 1. The molecule has 0 saturated carbocycles. The van der Waals surface area contributed by atoms with Crippen molar-refractivity contribution < 1.29 is 17.6 Å². The third kappa shape index (κ3) is 4.83. The van der Waals surface area contributed by atoms with Crippen LogP contribution < -0.4 is 10.0 Å². The molecular formula is C21H24FN3O3S. The van der Waals surface area contributed by atoms with Gasteiger partial charge >= 0.3 is 0 Å². The summed E-state index contributed by atoms with van der Waals surface area (Å²) in [6, 6.07) is 11.9. The fourth-order valence-corrected chi connectivity index (χ4v) is 4.58. The maximum Gasteiger partial charge on any atom is 0.244 e. The number of H-pyrrole nitrogens is 1. The first kappa shape index (κ1) is 21.0. The van der Waals surface area contributed by atoms with Crippen molar-refractivity contribution in [2.24, 2.45) is 5.92 Å². The number of hydrogen-bond donors (Lipinski definition) is 3. The highest BCUT2D eigenvalue weighted by molar-refractivity contribution is 7.89. The lowest BCUT2D eigenvalue weighted by molar-refractivity contribution is -0.123. The summed E-state index contributed by atoms with van der Waals surface area (Å²) in [4.78, 5) is 15.3. The number of nitrogens with one attached hydrogen (secondary N) is 3. The van der Waals surface area contributed by atoms with Crippen LogP contribution >= 0.6 is 0 Å². The number of rotatable bonds is 8. The number of amides is 1. The van der Waals surface area contributed by atoms with Crippen molar-refractivity contribution >= 4 is 26.8 Å². The third-order valence-electron chi connectivity index (χ3n) is 4.73. The van der Waals surface area contributed by atoms with E-state index in [9.17, 15) is 17.6 Å². The molecule has 0 aliphatic heterocycles. The summed E-state index contributed by atoms with van der Waals surface area (Å²) in [5, 5.41) is 3.87. The molecule has 0 aliphatic carbocycles. The van der Waals surface area contributed by atoms with Crippen molar-refractivity contribution in [3.05, 3.63) is 66.1 Å². The Labute approximate surface area is 169 Å². The van der Waals surface area contributed by atoms with E-state index < -0.39 is 32.7 Å². The van der Waals surface area contributed by atoms with Gasteiger partial charge in [-0.2, -0.15) is 4.72 Å². The van der Waals surface area contributed by atoms with Crippen LogP contribution in [-0.4, -0.2) is 31.9 Å². The Morgan fingerprint density at radius 3 is 2.52 bits per heavy atom. The molecule has 0 fully saturated rings. The SMILES string of the molecule is CC(C)[C@H](NS(=O)(=O)c1ccccc1F)C(=O)NCCc1c[nH]c2ccccc12. The van der Waals surface area contributed by atoms with Gasteiger partial charge in [0.2, 0.25) is 15.9 Å². The predicted molar refractivity (Wildman–Crippen MR) is 110 cm³/mol. The van der Waals surface area contributed by atoms with Gasteiger partial charge in [-0.3, -0.25) is 4.79 Å². The van der Waals surface area contributed by atoms with Gasteiger partial charge in [-0.05, 0) is 36.1 Å². The zero-order chi connectivity index (χ0) is 21.0. The van der Waals surface area contributed by atoms with Crippen LogP contribution in [0.3, 0.4) is 0 Å². The minimum atomic E-state index is -4.17. The third-order valence-corrected chi connectivity index (χ3v) is 6.20. The van der Waals surface area contributed by atoms with Gasteiger partial charge in [0.25, 0.3) is 0 Å². The average Bonchev–Trinajstić information content (AvgIpc) is 3.09. The molecule has 3 aromatic rings. The van der Waals surface area contributed by atoms with Gasteiger partial charge in [-0.25, -0.2) is 12.8 Å². The van der Waals surface area contributed by atoms with Gasteiger partial charge in [0, 0.05) is 23.6 Å². The zero-order valence-corrected chi connectivity index (χ0v) is 17.1. The van der Waals surface area contributed by atoms with E-state index in [2.05, 4.69) is 15.0 Å². The highest BCUT2D eigenvalue weighted by atomic mass is 32.2. The van der Waals surface area contributed by atoms with Crippen molar-refractivity contribution in [1.29, 1.82) is 0 Å². The number of sulfonamides is 1. The van der Waals surface area contributed by atoms with Gasteiger partial charge < -0.3 is 10.3 Å². The topological polar surface area (TPSA) is 91.1 Å².